The van der Waals surface area contributed by atoms with Gasteiger partial charge in [0.2, 0.25) is 0 Å². The summed E-state index contributed by atoms with van der Waals surface area (Å²) >= 11 is 5.39. The topological polar surface area (TPSA) is 62.7 Å². The maximum Gasteiger partial charge on any atom is 0.175 e. The lowest BCUT2D eigenvalue weighted by atomic mass is 9.73. The number of rotatable bonds is 3. The molecule has 2 aromatic carbocycles. The van der Waals surface area contributed by atoms with Gasteiger partial charge in [0.1, 0.15) is 17.0 Å². The Morgan fingerprint density at radius 1 is 1.04 bits per heavy atom. The third-order valence-electron chi connectivity index (χ3n) is 4.45. The van der Waals surface area contributed by atoms with Crippen LogP contribution in [0, 0.1) is 4.91 Å². The molecule has 1 aliphatic heterocycles. The Hall–Kier alpha value is -2.47. The fourth-order valence-electron chi connectivity index (χ4n) is 3.62. The van der Waals surface area contributed by atoms with Gasteiger partial charge >= 0.3 is 0 Å². The van der Waals surface area contributed by atoms with Crippen molar-refractivity contribution in [1.82, 2.24) is 0 Å². The molecule has 0 spiro atoms. The first-order valence-corrected chi connectivity index (χ1v) is 8.94. The van der Waals surface area contributed by atoms with Gasteiger partial charge in [-0.25, -0.2) is 0 Å². The molecule has 0 amide bonds. The van der Waals surface area contributed by atoms with Crippen molar-refractivity contribution in [2.45, 2.75) is 45.1 Å². The molecule has 0 unspecified atom stereocenters. The molecule has 3 rings (SSSR count). The van der Waals surface area contributed by atoms with Gasteiger partial charge in [-0.05, 0) is 85.5 Å². The lowest BCUT2D eigenvalue weighted by Gasteiger charge is -2.42. The van der Waals surface area contributed by atoms with Gasteiger partial charge in [-0.2, -0.15) is 0 Å². The third kappa shape index (κ3) is 4.02. The van der Waals surface area contributed by atoms with Crippen LogP contribution in [0.5, 0.6) is 5.75 Å². The van der Waals surface area contributed by atoms with E-state index in [-0.39, 0.29) is 11.0 Å². The molecular formula is C20H23N3O2S. The molecule has 0 aromatic heterocycles. The van der Waals surface area contributed by atoms with Gasteiger partial charge in [0.15, 0.2) is 5.11 Å². The number of benzene rings is 2. The average molecular weight is 369 g/mol. The van der Waals surface area contributed by atoms with Crippen molar-refractivity contribution in [2.24, 2.45) is 5.18 Å². The van der Waals surface area contributed by atoms with Gasteiger partial charge in [-0.15, -0.1) is 4.91 Å². The molecule has 1 aliphatic rings. The highest BCUT2D eigenvalue weighted by molar-refractivity contribution is 7.80. The van der Waals surface area contributed by atoms with Crippen LogP contribution < -0.4 is 15.4 Å². The van der Waals surface area contributed by atoms with Gasteiger partial charge < -0.3 is 15.4 Å². The molecule has 26 heavy (non-hydrogen) atoms. The number of fused-ring (bicyclic) bond motifs is 1. The van der Waals surface area contributed by atoms with Crippen molar-refractivity contribution in [1.29, 1.82) is 0 Å². The highest BCUT2D eigenvalue weighted by atomic mass is 32.1. The second-order valence-electron chi connectivity index (χ2n) is 7.85. The Kier molecular flexibility index (Phi) is 4.71. The summed E-state index contributed by atoms with van der Waals surface area (Å²) in [4.78, 5) is 10.5. The molecule has 0 aliphatic carbocycles. The molecule has 1 heterocycles. The number of ether oxygens (including phenoxy) is 1. The van der Waals surface area contributed by atoms with Crippen LogP contribution in [0.2, 0.25) is 0 Å². The minimum atomic E-state index is -0.176. The molecule has 2 N–H and O–H groups in total. The SMILES string of the molecule is CC1(C)CC(C)(C)c2cc(NC(=S)Nc3ccc(N=O)cc3)ccc2O1. The molecule has 2 aromatic rings. The largest absolute Gasteiger partial charge is 0.488 e. The zero-order valence-corrected chi connectivity index (χ0v) is 16.2. The zero-order valence-electron chi connectivity index (χ0n) is 15.4. The smallest absolute Gasteiger partial charge is 0.175 e. The molecule has 0 saturated heterocycles. The van der Waals surface area contributed by atoms with Gasteiger partial charge in [-0.3, -0.25) is 0 Å². The van der Waals surface area contributed by atoms with Crippen LogP contribution in [0.25, 0.3) is 0 Å². The minimum Gasteiger partial charge on any atom is -0.488 e. The summed E-state index contributed by atoms with van der Waals surface area (Å²) in [5.74, 6) is 0.924. The summed E-state index contributed by atoms with van der Waals surface area (Å²) in [5.41, 5.74) is 3.09. The van der Waals surface area contributed by atoms with Crippen LogP contribution in [0.4, 0.5) is 17.1 Å². The van der Waals surface area contributed by atoms with E-state index >= 15 is 0 Å². The van der Waals surface area contributed by atoms with Crippen molar-refractivity contribution < 1.29 is 4.74 Å². The number of thiocarbonyl (C=S) groups is 1. The van der Waals surface area contributed by atoms with Crippen molar-refractivity contribution in [3.8, 4) is 5.75 Å². The van der Waals surface area contributed by atoms with Gasteiger partial charge in [0.05, 0.1) is 0 Å². The monoisotopic (exact) mass is 369 g/mol. The number of hydrogen-bond donors (Lipinski definition) is 2. The number of nitroso groups, excluding NO2 is 1. The third-order valence-corrected chi connectivity index (χ3v) is 4.66. The molecule has 0 radical (unpaired) electrons. The summed E-state index contributed by atoms with van der Waals surface area (Å²) in [7, 11) is 0. The molecule has 5 nitrogen and oxygen atoms in total. The Labute approximate surface area is 159 Å². The first-order chi connectivity index (χ1) is 12.2. The van der Waals surface area contributed by atoms with Crippen LogP contribution in [-0.2, 0) is 5.41 Å². The summed E-state index contributed by atoms with van der Waals surface area (Å²) in [6, 6.07) is 12.8. The Morgan fingerprint density at radius 3 is 2.31 bits per heavy atom. The Balaban J connectivity index is 1.74. The van der Waals surface area contributed by atoms with Crippen LogP contribution in [0.3, 0.4) is 0 Å². The molecule has 0 bridgehead atoms. The standard InChI is InChI=1S/C20H23N3O2S/c1-19(2)12-20(3,4)25-17-10-9-15(11-16(17)19)22-18(26)21-13-5-7-14(23-24)8-6-13/h5-11H,12H2,1-4H3,(H2,21,22,26). The van der Waals surface area contributed by atoms with E-state index in [1.54, 1.807) is 24.3 Å². The number of hydrogen-bond acceptors (Lipinski definition) is 4. The van der Waals surface area contributed by atoms with E-state index < -0.39 is 0 Å². The van der Waals surface area contributed by atoms with Crippen molar-refractivity contribution >= 4 is 34.4 Å². The summed E-state index contributed by atoms with van der Waals surface area (Å²) in [6.07, 6.45) is 0.941. The minimum absolute atomic E-state index is 0.0154. The maximum absolute atomic E-state index is 10.5. The van der Waals surface area contributed by atoms with Crippen molar-refractivity contribution in [2.75, 3.05) is 10.6 Å². The lowest BCUT2D eigenvalue weighted by molar-refractivity contribution is 0.0535. The molecular weight excluding hydrogens is 346 g/mol. The van der Waals surface area contributed by atoms with E-state index in [0.717, 1.165) is 23.5 Å². The second-order valence-corrected chi connectivity index (χ2v) is 8.26. The van der Waals surface area contributed by atoms with E-state index in [0.29, 0.717) is 10.8 Å². The van der Waals surface area contributed by atoms with Crippen LogP contribution in [0.1, 0.15) is 39.7 Å². The van der Waals surface area contributed by atoms with E-state index in [4.69, 9.17) is 17.0 Å². The second kappa shape index (κ2) is 6.68. The van der Waals surface area contributed by atoms with E-state index in [2.05, 4.69) is 49.6 Å². The molecule has 6 heteroatoms. The lowest BCUT2D eigenvalue weighted by Crippen LogP contribution is -2.41. The molecule has 0 fully saturated rings. The van der Waals surface area contributed by atoms with Crippen molar-refractivity contribution in [3.05, 3.63) is 52.9 Å². The normalized spacial score (nSPS) is 16.8. The summed E-state index contributed by atoms with van der Waals surface area (Å²) in [5, 5.41) is 9.67. The average Bonchev–Trinajstić information content (AvgIpc) is 2.54. The highest BCUT2D eigenvalue weighted by Gasteiger charge is 2.38. The Bertz CT molecular complexity index is 845. The first kappa shape index (κ1) is 18.3. The van der Waals surface area contributed by atoms with Gasteiger partial charge in [0.25, 0.3) is 0 Å². The Morgan fingerprint density at radius 2 is 1.65 bits per heavy atom. The molecule has 136 valence electrons. The predicted octanol–water partition coefficient (Wildman–Crippen LogP) is 5.73. The van der Waals surface area contributed by atoms with Crippen molar-refractivity contribution in [3.63, 3.8) is 0 Å². The predicted molar refractivity (Wildman–Crippen MR) is 111 cm³/mol. The molecule has 0 atom stereocenters. The van der Waals surface area contributed by atoms with Gasteiger partial charge in [-0.1, -0.05) is 13.8 Å². The van der Waals surface area contributed by atoms with E-state index in [1.165, 1.54) is 5.56 Å². The maximum atomic E-state index is 10.5. The zero-order chi connectivity index (χ0) is 18.9. The highest BCUT2D eigenvalue weighted by Crippen LogP contribution is 2.45. The quantitative estimate of drug-likeness (QED) is 0.534. The van der Waals surface area contributed by atoms with Crippen LogP contribution in [-0.4, -0.2) is 10.7 Å². The van der Waals surface area contributed by atoms with Crippen LogP contribution in [0.15, 0.2) is 47.6 Å². The number of nitrogens with zero attached hydrogens (tertiary/aromatic N) is 1. The first-order valence-electron chi connectivity index (χ1n) is 8.54. The molecule has 0 saturated carbocycles. The fraction of sp³-hybridized carbons (Fsp3) is 0.350. The van der Waals surface area contributed by atoms with E-state index in [9.17, 15) is 4.91 Å². The fourth-order valence-corrected chi connectivity index (χ4v) is 3.85. The number of nitrogens with one attached hydrogen (secondary N) is 2. The van der Waals surface area contributed by atoms with Gasteiger partial charge in [0, 0.05) is 16.9 Å². The number of anilines is 2. The summed E-state index contributed by atoms with van der Waals surface area (Å²) in [6.45, 7) is 8.71. The van der Waals surface area contributed by atoms with E-state index in [1.807, 2.05) is 12.1 Å². The summed E-state index contributed by atoms with van der Waals surface area (Å²) < 4.78 is 6.12. The van der Waals surface area contributed by atoms with Crippen LogP contribution >= 0.6 is 12.2 Å².